The minimum Gasteiger partial charge on any atom is -0.251 e. The van der Waals surface area contributed by atoms with Crippen molar-refractivity contribution in [1.29, 1.82) is 0 Å². The molecule has 0 aromatic heterocycles. The average molecular weight is 608 g/mol. The molecule has 2 aromatic rings. The van der Waals surface area contributed by atoms with Crippen molar-refractivity contribution in [3.63, 3.8) is 0 Å². The van der Waals surface area contributed by atoms with Gasteiger partial charge in [0.2, 0.25) is 0 Å². The van der Waals surface area contributed by atoms with Crippen LogP contribution in [0.4, 0.5) is 11.4 Å². The van der Waals surface area contributed by atoms with E-state index in [1.165, 1.54) is 81.8 Å². The Morgan fingerprint density at radius 1 is 0.667 bits per heavy atom. The van der Waals surface area contributed by atoms with Crippen molar-refractivity contribution >= 4 is 22.8 Å². The van der Waals surface area contributed by atoms with E-state index in [0.29, 0.717) is 12.8 Å². The van der Waals surface area contributed by atoms with E-state index in [1.807, 2.05) is 12.1 Å². The Bertz CT molecular complexity index is 1180. The molecule has 0 saturated heterocycles. The summed E-state index contributed by atoms with van der Waals surface area (Å²) in [4.78, 5) is 10.3. The molecule has 0 heterocycles. The molecule has 2 aromatic carbocycles. The summed E-state index contributed by atoms with van der Waals surface area (Å²) >= 11 is 0. The predicted octanol–water partition coefficient (Wildman–Crippen LogP) is 11.3. The van der Waals surface area contributed by atoms with Crippen LogP contribution in [0.5, 0.6) is 0 Å². The molecule has 0 N–H and O–H groups in total. The maximum absolute atomic E-state index is 5.57. The molecule has 2 rings (SSSR count). The number of allylic oxidation sites excluding steroid dienone is 2. The Kier molecular flexibility index (Phi) is 21.9. The molecule has 0 spiro atoms. The second kappa shape index (κ2) is 24.7. The summed E-state index contributed by atoms with van der Waals surface area (Å²) in [6.07, 6.45) is 35.4. The van der Waals surface area contributed by atoms with Crippen molar-refractivity contribution in [2.24, 2.45) is 9.98 Å². The van der Waals surface area contributed by atoms with Crippen LogP contribution in [-0.2, 0) is 29.3 Å². The van der Waals surface area contributed by atoms with E-state index in [2.05, 4.69) is 74.2 Å². The third-order valence-corrected chi connectivity index (χ3v) is 7.44. The maximum atomic E-state index is 5.57. The second-order valence-corrected chi connectivity index (χ2v) is 10.8. The molecule has 0 unspecified atom stereocenters. The van der Waals surface area contributed by atoms with Crippen LogP contribution < -0.4 is 0 Å². The van der Waals surface area contributed by atoms with Gasteiger partial charge in [-0.25, -0.2) is 4.99 Å². The minimum atomic E-state index is 0. The first-order chi connectivity index (χ1) is 20.2. The first-order valence-corrected chi connectivity index (χ1v) is 16.1. The van der Waals surface area contributed by atoms with Gasteiger partial charge in [0.05, 0.1) is 22.8 Å². The van der Waals surface area contributed by atoms with Crippen LogP contribution in [0.25, 0.3) is 0 Å². The summed E-state index contributed by atoms with van der Waals surface area (Å²) < 4.78 is 0. The van der Waals surface area contributed by atoms with Gasteiger partial charge >= 0.3 is 0 Å². The minimum absolute atomic E-state index is 0. The molecule has 0 fully saturated rings. The Morgan fingerprint density at radius 2 is 1.14 bits per heavy atom. The normalized spacial score (nSPS) is 11.7. The molecule has 0 aliphatic carbocycles. The number of terminal acetylenes is 2. The first kappa shape index (κ1) is 37.2. The van der Waals surface area contributed by atoms with Crippen LogP contribution in [0, 0.1) is 24.7 Å². The quantitative estimate of drug-likeness (QED) is 0.0584. The topological polar surface area (TPSA) is 24.7 Å². The summed E-state index contributed by atoms with van der Waals surface area (Å²) in [5.74, 6) is 5.53. The van der Waals surface area contributed by atoms with E-state index in [-0.39, 0.29) is 16.5 Å². The molecule has 2 nitrogen and oxygen atoms in total. The summed E-state index contributed by atoms with van der Waals surface area (Å²) in [7, 11) is 0. The molecule has 0 aliphatic heterocycles. The zero-order valence-electron chi connectivity index (χ0n) is 26.2. The van der Waals surface area contributed by atoms with Crippen LogP contribution in [-0.4, -0.2) is 11.4 Å². The van der Waals surface area contributed by atoms with Crippen molar-refractivity contribution in [2.75, 3.05) is 0 Å². The SMILES string of the molecule is C#CCCc1ccccc1/N=C(\C=C\CCCCCCCCCCCCC)C(/CC)=N/c1ccccc1CCC#C.[Ni]. The van der Waals surface area contributed by atoms with Gasteiger partial charge in [-0.05, 0) is 61.4 Å². The molecule has 3 heteroatoms. The largest absolute Gasteiger partial charge is 0.251 e. The Hall–Kier alpha value is -2.87. The molecule has 42 heavy (non-hydrogen) atoms. The number of nitrogens with zero attached hydrogens (tertiary/aromatic N) is 2. The second-order valence-electron chi connectivity index (χ2n) is 10.8. The fourth-order valence-corrected chi connectivity index (χ4v) is 4.99. The number of hydrogen-bond donors (Lipinski definition) is 0. The fourth-order valence-electron chi connectivity index (χ4n) is 4.99. The van der Waals surface area contributed by atoms with Gasteiger partial charge in [-0.2, -0.15) is 0 Å². The Morgan fingerprint density at radius 3 is 1.64 bits per heavy atom. The number of hydrogen-bond acceptors (Lipinski definition) is 2. The van der Waals surface area contributed by atoms with Crippen LogP contribution in [0.15, 0.2) is 70.7 Å². The van der Waals surface area contributed by atoms with Gasteiger partial charge in [-0.15, -0.1) is 24.7 Å². The van der Waals surface area contributed by atoms with E-state index in [9.17, 15) is 0 Å². The van der Waals surface area contributed by atoms with E-state index in [1.54, 1.807) is 0 Å². The van der Waals surface area contributed by atoms with E-state index < -0.39 is 0 Å². The smallest absolute Gasteiger partial charge is 0.0848 e. The summed E-state index contributed by atoms with van der Waals surface area (Å²) in [6, 6.07) is 16.6. The number of aliphatic imine (C=N–C) groups is 2. The Balaban J connectivity index is 0.00000882. The zero-order chi connectivity index (χ0) is 29.4. The van der Waals surface area contributed by atoms with Crippen molar-refractivity contribution < 1.29 is 16.5 Å². The molecule has 0 radical (unpaired) electrons. The van der Waals surface area contributed by atoms with Crippen LogP contribution >= 0.6 is 0 Å². The molecular formula is C39H52N2Ni. The van der Waals surface area contributed by atoms with E-state index in [0.717, 1.165) is 48.5 Å². The predicted molar refractivity (Wildman–Crippen MR) is 182 cm³/mol. The molecular weight excluding hydrogens is 555 g/mol. The summed E-state index contributed by atoms with van der Waals surface area (Å²) in [6.45, 7) is 4.44. The van der Waals surface area contributed by atoms with Crippen LogP contribution in [0.3, 0.4) is 0 Å². The number of para-hydroxylation sites is 2. The average Bonchev–Trinajstić information content (AvgIpc) is 3.00. The third kappa shape index (κ3) is 15.4. The van der Waals surface area contributed by atoms with Gasteiger partial charge in [-0.1, -0.05) is 121 Å². The fraction of sp³-hybridized carbons (Fsp3) is 0.487. The van der Waals surface area contributed by atoms with Gasteiger partial charge in [0.15, 0.2) is 0 Å². The van der Waals surface area contributed by atoms with Gasteiger partial charge in [-0.3, -0.25) is 4.99 Å². The molecule has 0 atom stereocenters. The maximum Gasteiger partial charge on any atom is 0.0848 e. The van der Waals surface area contributed by atoms with E-state index >= 15 is 0 Å². The van der Waals surface area contributed by atoms with Crippen LogP contribution in [0.1, 0.15) is 121 Å². The first-order valence-electron chi connectivity index (χ1n) is 16.1. The van der Waals surface area contributed by atoms with Crippen molar-refractivity contribution in [3.8, 4) is 24.7 Å². The Labute approximate surface area is 267 Å². The summed E-state index contributed by atoms with van der Waals surface area (Å²) in [5.41, 5.74) is 6.21. The third-order valence-electron chi connectivity index (χ3n) is 7.44. The number of benzene rings is 2. The van der Waals surface area contributed by atoms with E-state index in [4.69, 9.17) is 22.8 Å². The molecule has 0 bridgehead atoms. The summed E-state index contributed by atoms with van der Waals surface area (Å²) in [5, 5.41) is 0. The molecule has 0 saturated carbocycles. The van der Waals surface area contributed by atoms with Crippen molar-refractivity contribution in [3.05, 3.63) is 71.8 Å². The van der Waals surface area contributed by atoms with Gasteiger partial charge in [0.25, 0.3) is 0 Å². The van der Waals surface area contributed by atoms with Crippen molar-refractivity contribution in [1.82, 2.24) is 0 Å². The molecule has 0 amide bonds. The molecule has 228 valence electrons. The van der Waals surface area contributed by atoms with Crippen LogP contribution in [0.2, 0.25) is 0 Å². The number of rotatable bonds is 21. The van der Waals surface area contributed by atoms with Gasteiger partial charge < -0.3 is 0 Å². The van der Waals surface area contributed by atoms with Gasteiger partial charge in [0, 0.05) is 29.3 Å². The van der Waals surface area contributed by atoms with Gasteiger partial charge in [0.1, 0.15) is 0 Å². The monoisotopic (exact) mass is 606 g/mol. The molecule has 0 aliphatic rings. The zero-order valence-corrected chi connectivity index (χ0v) is 27.1. The number of aryl methyl sites for hydroxylation is 2. The van der Waals surface area contributed by atoms with Crippen molar-refractivity contribution in [2.45, 2.75) is 123 Å². The standard InChI is InChI=1S/C39H52N2.Ni/c1-5-9-12-13-14-15-16-17-18-19-20-21-22-33-39(41-38-32-26-24-30-35(38)28-11-7-3)36(8-4)40-37-31-25-23-29-34(37)27-10-6-2;/h2-3,22-26,29-33H,5,8-21,27-28H2,1,4H3;/b33-22+,40-36+,41-39+;. The number of unbranched alkanes of at least 4 members (excludes halogenated alkanes) is 11.